The van der Waals surface area contributed by atoms with E-state index in [0.717, 1.165) is 16.1 Å². The highest BCUT2D eigenvalue weighted by atomic mass is 32.1. The second-order valence-electron chi connectivity index (χ2n) is 5.69. The van der Waals surface area contributed by atoms with E-state index < -0.39 is 18.1 Å². The largest absolute Gasteiger partial charge is 0.458 e. The van der Waals surface area contributed by atoms with Crippen molar-refractivity contribution >= 4 is 34.7 Å². The lowest BCUT2D eigenvalue weighted by Crippen LogP contribution is -2.39. The summed E-state index contributed by atoms with van der Waals surface area (Å²) in [5, 5.41) is 9.20. The molecule has 0 aliphatic heterocycles. The number of nitrogens with zero attached hydrogens (tertiary/aromatic N) is 1. The highest BCUT2D eigenvalue weighted by Crippen LogP contribution is 2.25. The zero-order valence-corrected chi connectivity index (χ0v) is 16.2. The Labute approximate surface area is 164 Å². The number of amides is 1. The zero-order valence-electron chi connectivity index (χ0n) is 14.6. The molecular weight excluding hydrogens is 384 g/mol. The Balaban J connectivity index is 1.41. The van der Waals surface area contributed by atoms with Crippen LogP contribution in [0.2, 0.25) is 0 Å². The van der Waals surface area contributed by atoms with Gasteiger partial charge in [-0.05, 0) is 23.9 Å². The molecule has 0 saturated carbocycles. The number of hydrogen-bond donors (Lipinski definition) is 1. The van der Waals surface area contributed by atoms with Crippen LogP contribution in [0, 0.1) is 0 Å². The Hall–Kier alpha value is -2.71. The monoisotopic (exact) mass is 402 g/mol. The highest BCUT2D eigenvalue weighted by Gasteiger charge is 2.18. The molecule has 0 aliphatic rings. The summed E-state index contributed by atoms with van der Waals surface area (Å²) in [6, 6.07) is 10.5. The molecule has 0 bridgehead atoms. The Morgan fingerprint density at radius 3 is 2.67 bits per heavy atom. The first-order chi connectivity index (χ1) is 13.1. The van der Waals surface area contributed by atoms with Crippen LogP contribution in [0.5, 0.6) is 0 Å². The topological polar surface area (TPSA) is 77.5 Å². The van der Waals surface area contributed by atoms with E-state index in [-0.39, 0.29) is 13.2 Å². The van der Waals surface area contributed by atoms with Crippen LogP contribution < -0.4 is 5.32 Å². The average molecular weight is 402 g/mol. The number of thiophene rings is 1. The van der Waals surface area contributed by atoms with Crippen molar-refractivity contribution in [3.05, 3.63) is 63.8 Å². The van der Waals surface area contributed by atoms with Gasteiger partial charge in [-0.2, -0.15) is 11.3 Å². The quantitative estimate of drug-likeness (QED) is 0.599. The first-order valence-electron chi connectivity index (χ1n) is 8.22. The van der Waals surface area contributed by atoms with Crippen LogP contribution in [-0.4, -0.2) is 23.1 Å². The van der Waals surface area contributed by atoms with Crippen LogP contribution in [-0.2, 0) is 27.5 Å². The van der Waals surface area contributed by atoms with E-state index in [1.807, 2.05) is 52.5 Å². The molecule has 0 saturated heterocycles. The lowest BCUT2D eigenvalue weighted by Gasteiger charge is -2.13. The molecule has 3 rings (SSSR count). The van der Waals surface area contributed by atoms with E-state index >= 15 is 0 Å². The maximum atomic E-state index is 12.0. The molecule has 0 aliphatic carbocycles. The summed E-state index contributed by atoms with van der Waals surface area (Å²) in [4.78, 5) is 28.3. The number of ether oxygens (including phenoxy) is 2. The Morgan fingerprint density at radius 1 is 1.11 bits per heavy atom. The van der Waals surface area contributed by atoms with Gasteiger partial charge in [0.1, 0.15) is 24.3 Å². The minimum Gasteiger partial charge on any atom is -0.458 e. The van der Waals surface area contributed by atoms with Crippen LogP contribution in [0.1, 0.15) is 18.2 Å². The second kappa shape index (κ2) is 9.29. The number of benzene rings is 1. The van der Waals surface area contributed by atoms with Gasteiger partial charge in [0, 0.05) is 16.3 Å². The van der Waals surface area contributed by atoms with Gasteiger partial charge < -0.3 is 14.8 Å². The molecule has 6 nitrogen and oxygen atoms in total. The van der Waals surface area contributed by atoms with Crippen molar-refractivity contribution in [2.45, 2.75) is 26.2 Å². The van der Waals surface area contributed by atoms with Gasteiger partial charge in [-0.1, -0.05) is 30.3 Å². The summed E-state index contributed by atoms with van der Waals surface area (Å²) in [5.41, 5.74) is 2.60. The van der Waals surface area contributed by atoms with Crippen LogP contribution in [0.25, 0.3) is 10.6 Å². The third-order valence-electron chi connectivity index (χ3n) is 3.58. The fourth-order valence-corrected chi connectivity index (χ4v) is 3.68. The first kappa shape index (κ1) is 19.1. The van der Waals surface area contributed by atoms with Gasteiger partial charge in [0.25, 0.3) is 0 Å². The number of nitrogens with one attached hydrogen (secondary N) is 1. The smallest absolute Gasteiger partial charge is 0.408 e. The van der Waals surface area contributed by atoms with E-state index in [1.165, 1.54) is 11.3 Å². The summed E-state index contributed by atoms with van der Waals surface area (Å²) in [5.74, 6) is -0.545. The van der Waals surface area contributed by atoms with Crippen molar-refractivity contribution in [2.75, 3.05) is 0 Å². The maximum absolute atomic E-state index is 12.0. The Bertz CT molecular complexity index is 878. The number of esters is 1. The van der Waals surface area contributed by atoms with Crippen molar-refractivity contribution in [3.63, 3.8) is 0 Å². The molecule has 1 N–H and O–H groups in total. The normalized spacial score (nSPS) is 11.6. The van der Waals surface area contributed by atoms with Gasteiger partial charge in [-0.25, -0.2) is 14.6 Å². The molecule has 0 unspecified atom stereocenters. The van der Waals surface area contributed by atoms with Crippen molar-refractivity contribution in [3.8, 4) is 10.6 Å². The molecule has 0 spiro atoms. The zero-order chi connectivity index (χ0) is 19.1. The maximum Gasteiger partial charge on any atom is 0.408 e. The summed E-state index contributed by atoms with van der Waals surface area (Å²) in [6.45, 7) is 1.74. The second-order valence-corrected chi connectivity index (χ2v) is 7.33. The fraction of sp³-hybridized carbons (Fsp3) is 0.211. The van der Waals surface area contributed by atoms with Crippen LogP contribution in [0.4, 0.5) is 4.79 Å². The third-order valence-corrected chi connectivity index (χ3v) is 5.21. The SMILES string of the molecule is C[C@@H](NC(=O)OCc1ccccc1)C(=O)OCc1csc(-c2ccsc2)n1. The minimum atomic E-state index is -0.816. The van der Waals surface area contributed by atoms with Gasteiger partial charge >= 0.3 is 12.1 Å². The van der Waals surface area contributed by atoms with Gasteiger partial charge in [-0.15, -0.1) is 11.3 Å². The molecule has 140 valence electrons. The number of aromatic nitrogens is 1. The van der Waals surface area contributed by atoms with E-state index in [9.17, 15) is 9.59 Å². The fourth-order valence-electron chi connectivity index (χ4n) is 2.16. The molecule has 27 heavy (non-hydrogen) atoms. The van der Waals surface area contributed by atoms with Crippen molar-refractivity contribution in [1.29, 1.82) is 0 Å². The van der Waals surface area contributed by atoms with Crippen molar-refractivity contribution < 1.29 is 19.1 Å². The molecule has 2 heterocycles. The number of rotatable bonds is 7. The van der Waals surface area contributed by atoms with E-state index in [4.69, 9.17) is 9.47 Å². The standard InChI is InChI=1S/C19H18N2O4S2/c1-13(20-19(23)25-9-14-5-3-2-4-6-14)18(22)24-10-16-12-27-17(21-16)15-7-8-26-11-15/h2-8,11-13H,9-10H2,1H3,(H,20,23)/t13-/m1/s1. The van der Waals surface area contributed by atoms with E-state index in [1.54, 1.807) is 18.3 Å². The Kier molecular flexibility index (Phi) is 6.56. The predicted molar refractivity (Wildman–Crippen MR) is 104 cm³/mol. The predicted octanol–water partition coefficient (Wildman–Crippen LogP) is 4.23. The van der Waals surface area contributed by atoms with Gasteiger partial charge in [0.2, 0.25) is 0 Å². The minimum absolute atomic E-state index is 0.0601. The molecule has 0 radical (unpaired) electrons. The van der Waals surface area contributed by atoms with E-state index in [0.29, 0.717) is 5.69 Å². The van der Waals surface area contributed by atoms with Crippen molar-refractivity contribution in [2.24, 2.45) is 0 Å². The molecule has 1 amide bonds. The highest BCUT2D eigenvalue weighted by molar-refractivity contribution is 7.14. The number of alkyl carbamates (subject to hydrolysis) is 1. The summed E-state index contributed by atoms with van der Waals surface area (Å²) in [6.07, 6.45) is -0.670. The average Bonchev–Trinajstić information content (AvgIpc) is 3.36. The van der Waals surface area contributed by atoms with E-state index in [2.05, 4.69) is 10.3 Å². The van der Waals surface area contributed by atoms with Crippen LogP contribution in [0.15, 0.2) is 52.5 Å². The summed E-state index contributed by atoms with van der Waals surface area (Å²) in [7, 11) is 0. The number of carbonyl (C=O) groups is 2. The molecule has 8 heteroatoms. The van der Waals surface area contributed by atoms with Crippen molar-refractivity contribution in [1.82, 2.24) is 10.3 Å². The molecule has 3 aromatic rings. The van der Waals surface area contributed by atoms with Gasteiger partial charge in [0.15, 0.2) is 0 Å². The Morgan fingerprint density at radius 2 is 1.93 bits per heavy atom. The molecule has 2 aromatic heterocycles. The molecule has 1 aromatic carbocycles. The van der Waals surface area contributed by atoms with Gasteiger partial charge in [-0.3, -0.25) is 0 Å². The van der Waals surface area contributed by atoms with Crippen LogP contribution >= 0.6 is 22.7 Å². The lowest BCUT2D eigenvalue weighted by molar-refractivity contribution is -0.147. The summed E-state index contributed by atoms with van der Waals surface area (Å²) < 4.78 is 10.3. The number of thiazole rings is 1. The molecule has 1 atom stereocenters. The molecule has 0 fully saturated rings. The number of carbonyl (C=O) groups excluding carboxylic acids is 2. The number of hydrogen-bond acceptors (Lipinski definition) is 7. The lowest BCUT2D eigenvalue weighted by atomic mass is 10.2. The summed E-state index contributed by atoms with van der Waals surface area (Å²) >= 11 is 3.10. The van der Waals surface area contributed by atoms with Gasteiger partial charge in [0.05, 0.1) is 5.69 Å². The molecular formula is C19H18N2O4S2. The first-order valence-corrected chi connectivity index (χ1v) is 10.0. The third kappa shape index (κ3) is 5.63. The van der Waals surface area contributed by atoms with Crippen LogP contribution in [0.3, 0.4) is 0 Å².